The van der Waals surface area contributed by atoms with E-state index in [-0.39, 0.29) is 23.9 Å². The van der Waals surface area contributed by atoms with Crippen molar-refractivity contribution < 1.29 is 14.5 Å². The van der Waals surface area contributed by atoms with Gasteiger partial charge < -0.3 is 4.74 Å². The molecule has 0 spiro atoms. The average Bonchev–Trinajstić information content (AvgIpc) is 2.20. The molecule has 1 aromatic rings. The second-order valence-corrected chi connectivity index (χ2v) is 4.10. The number of hydrogen-bond acceptors (Lipinski definition) is 5. The molecule has 0 atom stereocenters. The summed E-state index contributed by atoms with van der Waals surface area (Å²) in [6.07, 6.45) is 0.757. The molecule has 0 amide bonds. The third-order valence-electron chi connectivity index (χ3n) is 2.17. The van der Waals surface area contributed by atoms with Crippen LogP contribution in [0.5, 0.6) is 0 Å². The fourth-order valence-corrected chi connectivity index (χ4v) is 1.41. The molecule has 0 aliphatic rings. The number of pyridine rings is 1. The number of rotatable bonds is 4. The van der Waals surface area contributed by atoms with Gasteiger partial charge in [-0.25, -0.2) is 0 Å². The maximum Gasteiger partial charge on any atom is 0.326 e. The smallest absolute Gasteiger partial charge is 0.326 e. The van der Waals surface area contributed by atoms with E-state index in [1.54, 1.807) is 13.8 Å². The zero-order chi connectivity index (χ0) is 13.9. The molecule has 0 aliphatic heterocycles. The number of carbonyl (C=O) groups excluding carboxylic acids is 1. The van der Waals surface area contributed by atoms with Gasteiger partial charge >= 0.3 is 5.97 Å². The van der Waals surface area contributed by atoms with Crippen LogP contribution < -0.4 is 5.56 Å². The van der Waals surface area contributed by atoms with Crippen LogP contribution in [0, 0.1) is 17.0 Å². The van der Waals surface area contributed by atoms with Crippen LogP contribution in [0.2, 0.25) is 0 Å². The molecule has 0 N–H and O–H groups in total. The summed E-state index contributed by atoms with van der Waals surface area (Å²) in [7, 11) is 0. The Hall–Kier alpha value is -2.18. The van der Waals surface area contributed by atoms with E-state index in [2.05, 4.69) is 0 Å². The van der Waals surface area contributed by atoms with Gasteiger partial charge in [0.25, 0.3) is 11.2 Å². The Labute approximate surface area is 103 Å². The van der Waals surface area contributed by atoms with Gasteiger partial charge in [0.2, 0.25) is 0 Å². The molecule has 18 heavy (non-hydrogen) atoms. The molecule has 1 heterocycles. The molecule has 98 valence electrons. The number of nitro groups is 1. The van der Waals surface area contributed by atoms with Crippen molar-refractivity contribution in [1.82, 2.24) is 4.57 Å². The van der Waals surface area contributed by atoms with Gasteiger partial charge in [-0.15, -0.1) is 0 Å². The second kappa shape index (κ2) is 5.44. The van der Waals surface area contributed by atoms with Gasteiger partial charge in [-0.1, -0.05) is 0 Å². The van der Waals surface area contributed by atoms with Crippen molar-refractivity contribution in [1.29, 1.82) is 0 Å². The molecule has 0 radical (unpaired) electrons. The first kappa shape index (κ1) is 13.9. The lowest BCUT2D eigenvalue weighted by Crippen LogP contribution is -2.26. The summed E-state index contributed by atoms with van der Waals surface area (Å²) in [6, 6.07) is 1.13. The van der Waals surface area contributed by atoms with Gasteiger partial charge in [0.1, 0.15) is 6.54 Å². The third kappa shape index (κ3) is 3.41. The molecule has 7 heteroatoms. The van der Waals surface area contributed by atoms with Crippen molar-refractivity contribution in [3.8, 4) is 0 Å². The van der Waals surface area contributed by atoms with Gasteiger partial charge in [-0.05, 0) is 20.8 Å². The topological polar surface area (TPSA) is 91.4 Å². The Kier molecular flexibility index (Phi) is 4.19. The van der Waals surface area contributed by atoms with Gasteiger partial charge in [0, 0.05) is 11.6 Å². The van der Waals surface area contributed by atoms with Crippen molar-refractivity contribution in [2.24, 2.45) is 0 Å². The minimum absolute atomic E-state index is 0.202. The second-order valence-electron chi connectivity index (χ2n) is 4.10. The quantitative estimate of drug-likeness (QED) is 0.454. The van der Waals surface area contributed by atoms with E-state index in [0.717, 1.165) is 16.8 Å². The number of nitrogens with zero attached hydrogens (tertiary/aromatic N) is 2. The van der Waals surface area contributed by atoms with Crippen molar-refractivity contribution in [3.05, 3.63) is 38.3 Å². The van der Waals surface area contributed by atoms with E-state index in [4.69, 9.17) is 4.74 Å². The van der Waals surface area contributed by atoms with Crippen LogP contribution >= 0.6 is 0 Å². The number of aryl methyl sites for hydroxylation is 1. The number of ether oxygens (including phenoxy) is 1. The number of hydrogen-bond donors (Lipinski definition) is 0. The van der Waals surface area contributed by atoms with E-state index < -0.39 is 16.5 Å². The summed E-state index contributed by atoms with van der Waals surface area (Å²) in [5.41, 5.74) is -0.413. The monoisotopic (exact) mass is 254 g/mol. The largest absolute Gasteiger partial charge is 0.462 e. The standard InChI is InChI=1S/C11H14N2O5/c1-7(2)18-11(15)6-12-5-9(13(16)17)8(3)4-10(12)14/h4-5,7H,6H2,1-3H3. The molecule has 1 aromatic heterocycles. The van der Waals surface area contributed by atoms with Crippen LogP contribution in [0.25, 0.3) is 0 Å². The molecule has 0 aromatic carbocycles. The number of esters is 1. The lowest BCUT2D eigenvalue weighted by molar-refractivity contribution is -0.385. The highest BCUT2D eigenvalue weighted by molar-refractivity contribution is 5.69. The average molecular weight is 254 g/mol. The summed E-state index contributed by atoms with van der Waals surface area (Å²) in [5, 5.41) is 10.7. The number of aromatic nitrogens is 1. The Morgan fingerprint density at radius 2 is 2.17 bits per heavy atom. The fourth-order valence-electron chi connectivity index (χ4n) is 1.41. The molecule has 0 fully saturated rings. The predicted molar refractivity (Wildman–Crippen MR) is 63.3 cm³/mol. The Bertz CT molecular complexity index is 533. The zero-order valence-corrected chi connectivity index (χ0v) is 10.4. The molecule has 0 saturated carbocycles. The highest BCUT2D eigenvalue weighted by Gasteiger charge is 2.15. The normalized spacial score (nSPS) is 10.4. The van der Waals surface area contributed by atoms with Crippen LogP contribution in [0.3, 0.4) is 0 Å². The molecule has 0 saturated heterocycles. The first-order valence-electron chi connectivity index (χ1n) is 5.36. The van der Waals surface area contributed by atoms with Crippen molar-refractivity contribution in [3.63, 3.8) is 0 Å². The Morgan fingerprint density at radius 1 is 1.56 bits per heavy atom. The van der Waals surface area contributed by atoms with Crippen molar-refractivity contribution in [2.45, 2.75) is 33.4 Å². The maximum atomic E-state index is 11.6. The molecule has 7 nitrogen and oxygen atoms in total. The zero-order valence-electron chi connectivity index (χ0n) is 10.4. The van der Waals surface area contributed by atoms with Crippen LogP contribution in [0.1, 0.15) is 19.4 Å². The SMILES string of the molecule is Cc1cc(=O)n(CC(=O)OC(C)C)cc1[N+](=O)[O-]. The summed E-state index contributed by atoms with van der Waals surface area (Å²) < 4.78 is 5.84. The van der Waals surface area contributed by atoms with E-state index in [1.165, 1.54) is 6.92 Å². The van der Waals surface area contributed by atoms with Crippen molar-refractivity contribution in [2.75, 3.05) is 0 Å². The van der Waals surface area contributed by atoms with Gasteiger partial charge in [-0.2, -0.15) is 0 Å². The van der Waals surface area contributed by atoms with Crippen LogP contribution in [-0.4, -0.2) is 21.6 Å². The maximum absolute atomic E-state index is 11.6. The van der Waals surface area contributed by atoms with E-state index in [0.29, 0.717) is 0 Å². The minimum Gasteiger partial charge on any atom is -0.462 e. The fraction of sp³-hybridized carbons (Fsp3) is 0.455. The lowest BCUT2D eigenvalue weighted by atomic mass is 10.2. The first-order valence-corrected chi connectivity index (χ1v) is 5.36. The summed E-state index contributed by atoms with van der Waals surface area (Å²) in [5.74, 6) is -0.606. The number of carbonyl (C=O) groups is 1. The van der Waals surface area contributed by atoms with E-state index in [1.807, 2.05) is 0 Å². The lowest BCUT2D eigenvalue weighted by Gasteiger charge is -2.09. The van der Waals surface area contributed by atoms with E-state index >= 15 is 0 Å². The molecular weight excluding hydrogens is 240 g/mol. The highest BCUT2D eigenvalue weighted by Crippen LogP contribution is 2.13. The first-order chi connectivity index (χ1) is 8.31. The molecule has 1 rings (SSSR count). The van der Waals surface area contributed by atoms with Gasteiger partial charge in [0.15, 0.2) is 0 Å². The Balaban J connectivity index is 3.03. The van der Waals surface area contributed by atoms with Crippen LogP contribution in [0.4, 0.5) is 5.69 Å². The minimum atomic E-state index is -0.606. The van der Waals surface area contributed by atoms with Crippen LogP contribution in [-0.2, 0) is 16.1 Å². The highest BCUT2D eigenvalue weighted by atomic mass is 16.6. The molecule has 0 unspecified atom stereocenters. The molecule has 0 bridgehead atoms. The summed E-state index contributed by atoms with van der Waals surface area (Å²) in [6.45, 7) is 4.49. The summed E-state index contributed by atoms with van der Waals surface area (Å²) >= 11 is 0. The van der Waals surface area contributed by atoms with Gasteiger partial charge in [-0.3, -0.25) is 24.3 Å². The molecular formula is C11H14N2O5. The predicted octanol–water partition coefficient (Wildman–Crippen LogP) is 1.02. The van der Waals surface area contributed by atoms with Gasteiger partial charge in [0.05, 0.1) is 17.2 Å². The summed E-state index contributed by atoms with van der Waals surface area (Å²) in [4.78, 5) is 33.1. The van der Waals surface area contributed by atoms with Crippen molar-refractivity contribution >= 4 is 11.7 Å². The Morgan fingerprint density at radius 3 is 2.67 bits per heavy atom. The molecule has 0 aliphatic carbocycles. The van der Waals surface area contributed by atoms with Crippen LogP contribution in [0.15, 0.2) is 17.1 Å². The third-order valence-corrected chi connectivity index (χ3v) is 2.17. The van der Waals surface area contributed by atoms with E-state index in [9.17, 15) is 19.7 Å².